The van der Waals surface area contributed by atoms with Crippen molar-refractivity contribution in [1.82, 2.24) is 0 Å². The van der Waals surface area contributed by atoms with Gasteiger partial charge in [-0.2, -0.15) is 0 Å². The average Bonchev–Trinajstić information content (AvgIpc) is 2.38. The third-order valence-electron chi connectivity index (χ3n) is 4.76. The van der Waals surface area contributed by atoms with Gasteiger partial charge in [0.15, 0.2) is 0 Å². The van der Waals surface area contributed by atoms with Crippen LogP contribution in [0.2, 0.25) is 0 Å². The molecule has 0 spiro atoms. The van der Waals surface area contributed by atoms with E-state index in [0.29, 0.717) is 17.3 Å². The first kappa shape index (κ1) is 9.76. The Bertz CT molecular complexity index is 276. The molecule has 0 heterocycles. The Balaban J connectivity index is 2.28. The van der Waals surface area contributed by atoms with Gasteiger partial charge in [-0.1, -0.05) is 25.2 Å². The summed E-state index contributed by atoms with van der Waals surface area (Å²) in [5.41, 5.74) is 0.361. The third kappa shape index (κ3) is 0.945. The summed E-state index contributed by atoms with van der Waals surface area (Å²) < 4.78 is 0. The lowest BCUT2D eigenvalue weighted by Gasteiger charge is -2.51. The second kappa shape index (κ2) is 3.12. The zero-order valence-electron chi connectivity index (χ0n) is 9.08. The van der Waals surface area contributed by atoms with Crippen LogP contribution >= 0.6 is 0 Å². The van der Waals surface area contributed by atoms with Gasteiger partial charge in [0.1, 0.15) is 0 Å². The zero-order valence-corrected chi connectivity index (χ0v) is 9.08. The van der Waals surface area contributed by atoms with Crippen molar-refractivity contribution in [1.29, 1.82) is 0 Å². The van der Waals surface area contributed by atoms with Gasteiger partial charge < -0.3 is 0 Å². The molecule has 14 heavy (non-hydrogen) atoms. The van der Waals surface area contributed by atoms with Gasteiger partial charge in [-0.25, -0.2) is 0 Å². The highest BCUT2D eigenvalue weighted by atomic mass is 14.6. The topological polar surface area (TPSA) is 0 Å². The van der Waals surface area contributed by atoms with Gasteiger partial charge in [-0.05, 0) is 41.9 Å². The van der Waals surface area contributed by atoms with Crippen molar-refractivity contribution in [2.24, 2.45) is 29.1 Å². The van der Waals surface area contributed by atoms with Crippen LogP contribution in [0.5, 0.6) is 0 Å². The van der Waals surface area contributed by atoms with E-state index < -0.39 is 0 Å². The van der Waals surface area contributed by atoms with Gasteiger partial charge >= 0.3 is 0 Å². The monoisotopic (exact) mass is 188 g/mol. The first-order valence-electron chi connectivity index (χ1n) is 5.58. The Morgan fingerprint density at radius 3 is 2.43 bits per heavy atom. The molecule has 0 aromatic heterocycles. The average molecular weight is 188 g/mol. The van der Waals surface area contributed by atoms with E-state index in [0.717, 1.165) is 11.8 Å². The molecule has 0 aromatic carbocycles. The molecule has 0 bridgehead atoms. The molecule has 0 nitrogen and oxygen atoms in total. The number of hydrogen-bond acceptors (Lipinski definition) is 0. The fourth-order valence-electron chi connectivity index (χ4n) is 3.73. The van der Waals surface area contributed by atoms with Crippen LogP contribution in [-0.2, 0) is 0 Å². The summed E-state index contributed by atoms with van der Waals surface area (Å²) in [6, 6.07) is 0. The maximum absolute atomic E-state index is 4.04. The molecule has 2 rings (SSSR count). The van der Waals surface area contributed by atoms with Crippen LogP contribution in [-0.4, -0.2) is 0 Å². The predicted octanol–water partition coefficient (Wildman–Crippen LogP) is 3.82. The van der Waals surface area contributed by atoms with Crippen molar-refractivity contribution in [3.05, 3.63) is 38.0 Å². The normalized spacial score (nSPS) is 50.4. The molecule has 4 unspecified atom stereocenters. The molecule has 0 N–H and O–H groups in total. The summed E-state index contributed by atoms with van der Waals surface area (Å²) in [6.07, 6.45) is 8.99. The van der Waals surface area contributed by atoms with Crippen molar-refractivity contribution in [2.45, 2.75) is 19.8 Å². The Hall–Kier alpha value is -0.780. The van der Waals surface area contributed by atoms with Crippen LogP contribution in [0.4, 0.5) is 0 Å². The highest BCUT2D eigenvalue weighted by Crippen LogP contribution is 2.66. The summed E-state index contributed by atoms with van der Waals surface area (Å²) in [7, 11) is 0. The lowest BCUT2D eigenvalue weighted by atomic mass is 9.53. The maximum atomic E-state index is 4.04. The fraction of sp³-hybridized carbons (Fsp3) is 0.571. The third-order valence-corrected chi connectivity index (χ3v) is 4.76. The molecule has 5 atom stereocenters. The lowest BCUT2D eigenvalue weighted by Crippen LogP contribution is -2.44. The lowest BCUT2D eigenvalue weighted by molar-refractivity contribution is 0.0361. The molecule has 0 radical (unpaired) electrons. The Morgan fingerprint density at radius 2 is 1.93 bits per heavy atom. The molecule has 0 saturated heterocycles. The van der Waals surface area contributed by atoms with Gasteiger partial charge in [-0.3, -0.25) is 0 Å². The molecule has 76 valence electrons. The van der Waals surface area contributed by atoms with Crippen LogP contribution in [0.1, 0.15) is 19.8 Å². The van der Waals surface area contributed by atoms with E-state index >= 15 is 0 Å². The molecule has 2 aliphatic rings. The molecule has 0 amide bonds. The smallest absolute Gasteiger partial charge is 0.00213 e. The number of hydrogen-bond donors (Lipinski definition) is 0. The fourth-order valence-corrected chi connectivity index (χ4v) is 3.73. The van der Waals surface area contributed by atoms with E-state index in [1.807, 2.05) is 0 Å². The van der Waals surface area contributed by atoms with E-state index in [1.165, 1.54) is 12.8 Å². The van der Waals surface area contributed by atoms with Crippen molar-refractivity contribution < 1.29 is 0 Å². The van der Waals surface area contributed by atoms with Crippen molar-refractivity contribution in [3.63, 3.8) is 0 Å². The molecule has 2 saturated carbocycles. The quantitative estimate of drug-likeness (QED) is 0.591. The number of allylic oxidation sites excluding steroid dienone is 3. The van der Waals surface area contributed by atoms with E-state index in [9.17, 15) is 0 Å². The minimum absolute atomic E-state index is 0.361. The van der Waals surface area contributed by atoms with Gasteiger partial charge in [0.25, 0.3) is 0 Å². The Kier molecular flexibility index (Phi) is 2.17. The van der Waals surface area contributed by atoms with Crippen LogP contribution in [0, 0.1) is 29.1 Å². The molecule has 0 heteroatoms. The minimum atomic E-state index is 0.361. The predicted molar refractivity (Wildman–Crippen MR) is 61.9 cm³/mol. The molecule has 2 aliphatic carbocycles. The number of fused-ring (bicyclic) bond motifs is 1. The van der Waals surface area contributed by atoms with Crippen LogP contribution in [0.15, 0.2) is 38.0 Å². The summed E-state index contributed by atoms with van der Waals surface area (Å²) in [6.45, 7) is 14.3. The van der Waals surface area contributed by atoms with Gasteiger partial charge in [-0.15, -0.1) is 19.7 Å². The molecule has 0 aliphatic heterocycles. The molecular formula is C14H20. The highest BCUT2D eigenvalue weighted by molar-refractivity contribution is 5.22. The summed E-state index contributed by atoms with van der Waals surface area (Å²) >= 11 is 0. The van der Waals surface area contributed by atoms with Crippen molar-refractivity contribution in [3.8, 4) is 0 Å². The zero-order chi connectivity index (χ0) is 10.3. The van der Waals surface area contributed by atoms with Crippen LogP contribution < -0.4 is 0 Å². The van der Waals surface area contributed by atoms with Gasteiger partial charge in [0.2, 0.25) is 0 Å². The largest absolute Gasteiger partial charge is 0.103 e. The molecular weight excluding hydrogens is 168 g/mol. The van der Waals surface area contributed by atoms with Gasteiger partial charge in [0.05, 0.1) is 0 Å². The van der Waals surface area contributed by atoms with E-state index in [2.05, 4.69) is 44.9 Å². The standard InChI is InChI=1S/C14H20/c1-5-11-9-14(7-3)12(6-2)8-13(14)10(11)4/h5-7,10-13H,1-3,8-9H2,4H3/t10?,11?,12-,13?,14?/m0/s1. The van der Waals surface area contributed by atoms with Crippen molar-refractivity contribution >= 4 is 0 Å². The second-order valence-electron chi connectivity index (χ2n) is 4.96. The summed E-state index contributed by atoms with van der Waals surface area (Å²) in [5.74, 6) is 2.95. The number of rotatable bonds is 3. The van der Waals surface area contributed by atoms with E-state index in [4.69, 9.17) is 0 Å². The Morgan fingerprint density at radius 1 is 1.21 bits per heavy atom. The van der Waals surface area contributed by atoms with Gasteiger partial charge in [0, 0.05) is 0 Å². The summed E-state index contributed by atoms with van der Waals surface area (Å²) in [5, 5.41) is 0. The first-order valence-corrected chi connectivity index (χ1v) is 5.58. The Labute approximate surface area is 87.4 Å². The first-order chi connectivity index (χ1) is 6.69. The second-order valence-corrected chi connectivity index (χ2v) is 4.96. The summed E-state index contributed by atoms with van der Waals surface area (Å²) in [4.78, 5) is 0. The molecule has 2 fully saturated rings. The SMILES string of the molecule is C=CC1CC2(C=C)C(C[C@@H]2C=C)C1C. The van der Waals surface area contributed by atoms with Crippen LogP contribution in [0.25, 0.3) is 0 Å². The maximum Gasteiger partial charge on any atom is -0.00213 e. The van der Waals surface area contributed by atoms with E-state index in [-0.39, 0.29) is 0 Å². The van der Waals surface area contributed by atoms with Crippen molar-refractivity contribution in [2.75, 3.05) is 0 Å². The highest BCUT2D eigenvalue weighted by Gasteiger charge is 2.59. The molecule has 0 aromatic rings. The van der Waals surface area contributed by atoms with Crippen LogP contribution in [0.3, 0.4) is 0 Å². The minimum Gasteiger partial charge on any atom is -0.103 e. The van der Waals surface area contributed by atoms with E-state index in [1.54, 1.807) is 0 Å².